The summed E-state index contributed by atoms with van der Waals surface area (Å²) in [6.45, 7) is 14.3. The molecule has 56 heavy (non-hydrogen) atoms. The molecule has 12 heteroatoms. The lowest BCUT2D eigenvalue weighted by molar-refractivity contribution is -0.166. The number of fused-ring (bicyclic) bond motifs is 2. The number of carbonyl (C=O) groups is 5. The van der Waals surface area contributed by atoms with E-state index in [1.54, 1.807) is 50.9 Å². The zero-order chi connectivity index (χ0) is 41.3. The number of thioether (sulfide) groups is 1. The molecule has 3 heterocycles. The van der Waals surface area contributed by atoms with Crippen LogP contribution in [0.25, 0.3) is 0 Å². The zero-order valence-electron chi connectivity index (χ0n) is 35.2. The van der Waals surface area contributed by atoms with Crippen LogP contribution in [0.3, 0.4) is 0 Å². The molecule has 0 spiro atoms. The number of cyclic esters (lactones) is 1. The maximum Gasteiger partial charge on any atom is 0.329 e. The van der Waals surface area contributed by atoms with Crippen molar-refractivity contribution in [2.75, 3.05) is 33.5 Å². The van der Waals surface area contributed by atoms with E-state index in [1.165, 1.54) is 15.9 Å². The van der Waals surface area contributed by atoms with E-state index in [2.05, 4.69) is 33.8 Å². The number of methoxy groups -OCH3 is 1. The molecule has 11 nitrogen and oxygen atoms in total. The highest BCUT2D eigenvalue weighted by atomic mass is 32.2. The minimum atomic E-state index is -0.935. The number of hydrogen-bond acceptors (Lipinski definition) is 9. The van der Waals surface area contributed by atoms with E-state index in [9.17, 15) is 24.0 Å². The maximum absolute atomic E-state index is 14.5. The Kier molecular flexibility index (Phi) is 16.0. The summed E-state index contributed by atoms with van der Waals surface area (Å²) in [5.41, 5.74) is 0.527. The molecule has 0 aliphatic carbocycles. The predicted molar refractivity (Wildman–Crippen MR) is 222 cm³/mol. The van der Waals surface area contributed by atoms with E-state index in [4.69, 9.17) is 14.5 Å². The second-order valence-corrected chi connectivity index (χ2v) is 18.0. The van der Waals surface area contributed by atoms with Gasteiger partial charge in [0.25, 0.3) is 0 Å². The number of aliphatic imine (C=N–C) groups is 1. The number of amides is 3. The van der Waals surface area contributed by atoms with Crippen molar-refractivity contribution in [2.45, 2.75) is 124 Å². The molecule has 3 amide bonds. The molecule has 0 radical (unpaired) electrons. The van der Waals surface area contributed by atoms with Crippen LogP contribution in [0, 0.1) is 23.2 Å². The summed E-state index contributed by atoms with van der Waals surface area (Å²) in [7, 11) is 4.76. The molecule has 308 valence electrons. The number of likely N-dealkylation sites (N-methyl/N-ethyl adjacent to an activating group) is 2. The largest absolute Gasteiger partial charge is 0.497 e. The number of benzene rings is 1. The molecular formula is C44H64N4O7S. The van der Waals surface area contributed by atoms with Gasteiger partial charge in [-0.2, -0.15) is 0 Å². The predicted octanol–water partition coefficient (Wildman–Crippen LogP) is 6.54. The summed E-state index contributed by atoms with van der Waals surface area (Å²) < 4.78 is 11.6. The monoisotopic (exact) mass is 792 g/mol. The average Bonchev–Trinajstić information content (AvgIpc) is 3.85. The Morgan fingerprint density at radius 1 is 0.982 bits per heavy atom. The molecule has 1 aromatic rings. The van der Waals surface area contributed by atoms with Crippen molar-refractivity contribution >= 4 is 46.3 Å². The lowest BCUT2D eigenvalue weighted by atomic mass is 9.83. The molecule has 4 rings (SSSR count). The number of esters is 1. The summed E-state index contributed by atoms with van der Waals surface area (Å²) in [4.78, 5) is 79.8. The molecule has 2 bridgehead atoms. The summed E-state index contributed by atoms with van der Waals surface area (Å²) >= 11 is 1.63. The molecule has 0 saturated carbocycles. The van der Waals surface area contributed by atoms with Gasteiger partial charge in [-0.25, -0.2) is 4.79 Å². The Labute approximate surface area is 338 Å². The van der Waals surface area contributed by atoms with Crippen molar-refractivity contribution in [1.82, 2.24) is 14.7 Å². The van der Waals surface area contributed by atoms with Crippen LogP contribution in [0.2, 0.25) is 0 Å². The molecule has 3 aliphatic rings. The molecule has 8 atom stereocenters. The van der Waals surface area contributed by atoms with Gasteiger partial charge < -0.3 is 24.2 Å². The number of ether oxygens (including phenoxy) is 2. The van der Waals surface area contributed by atoms with Gasteiger partial charge >= 0.3 is 5.97 Å². The fourth-order valence-corrected chi connectivity index (χ4v) is 8.55. The van der Waals surface area contributed by atoms with Crippen LogP contribution in [0.1, 0.15) is 92.6 Å². The summed E-state index contributed by atoms with van der Waals surface area (Å²) in [6, 6.07) is 4.67. The Hall–Kier alpha value is -3.93. The fraction of sp³-hybridized carbons (Fsp3) is 0.636. The first-order chi connectivity index (χ1) is 26.4. The molecule has 1 aromatic carbocycles. The van der Waals surface area contributed by atoms with Crippen molar-refractivity contribution in [3.8, 4) is 5.75 Å². The van der Waals surface area contributed by atoms with Crippen molar-refractivity contribution in [3.63, 3.8) is 0 Å². The van der Waals surface area contributed by atoms with Gasteiger partial charge in [0.05, 0.1) is 18.2 Å². The lowest BCUT2D eigenvalue weighted by Crippen LogP contribution is -2.58. The molecule has 1 saturated heterocycles. The first-order valence-electron chi connectivity index (χ1n) is 20.2. The fourth-order valence-electron chi connectivity index (χ4n) is 7.62. The van der Waals surface area contributed by atoms with Crippen molar-refractivity contribution in [1.29, 1.82) is 0 Å². The van der Waals surface area contributed by atoms with Crippen LogP contribution < -0.4 is 4.74 Å². The zero-order valence-corrected chi connectivity index (χ0v) is 36.0. The molecule has 1 fully saturated rings. The van der Waals surface area contributed by atoms with E-state index >= 15 is 0 Å². The summed E-state index contributed by atoms with van der Waals surface area (Å²) in [5.74, 6) is -1.03. The van der Waals surface area contributed by atoms with Crippen LogP contribution >= 0.6 is 11.8 Å². The van der Waals surface area contributed by atoms with Crippen LogP contribution in [-0.4, -0.2) is 113 Å². The van der Waals surface area contributed by atoms with E-state index in [0.29, 0.717) is 43.7 Å². The van der Waals surface area contributed by atoms with Gasteiger partial charge in [-0.3, -0.25) is 24.2 Å². The SMILES string of the molecule is CC[C@H](C)[C@H]1C(=O)N2CCC[C@H]2C(=O)O[C@H](C(C)(C)C)C[C@@H](C)C/C=C/C2=N[C@@H](/C=C/C(=O)C[C@@H](Cc3ccc(OC)cc3)C(=O)N(C)[C@@H](C)C(=O)N1C)CS2. The van der Waals surface area contributed by atoms with Crippen molar-refractivity contribution in [2.24, 2.45) is 28.2 Å². The van der Waals surface area contributed by atoms with Crippen molar-refractivity contribution in [3.05, 3.63) is 54.1 Å². The Morgan fingerprint density at radius 3 is 2.32 bits per heavy atom. The Bertz CT molecular complexity index is 1650. The quantitative estimate of drug-likeness (QED) is 0.308. The Morgan fingerprint density at radius 2 is 1.68 bits per heavy atom. The smallest absolute Gasteiger partial charge is 0.329 e. The summed E-state index contributed by atoms with van der Waals surface area (Å²) in [6.07, 6.45) is 10.5. The number of ketones is 1. The second-order valence-electron chi connectivity index (χ2n) is 17.0. The topological polar surface area (TPSA) is 126 Å². The third-order valence-corrected chi connectivity index (χ3v) is 12.6. The molecule has 0 unspecified atom stereocenters. The van der Waals surface area contributed by atoms with Gasteiger partial charge in [-0.05, 0) is 86.1 Å². The minimum Gasteiger partial charge on any atom is -0.497 e. The normalized spacial score (nSPS) is 29.9. The van der Waals surface area contributed by atoms with E-state index in [-0.39, 0.29) is 59.8 Å². The standard InChI is InChI=1S/C44H64N4O7S/c1-11-29(3)39-42(52)48-23-13-15-36(48)43(53)55-37(44(5,6)7)24-28(2)14-12-16-38-45-33(27-56-38)19-20-34(49)26-32(25-31-17-21-35(54-10)22-18-31)41(51)46(8)30(4)40(50)47(39)9/h12,16-22,28-30,32-33,36-37,39H,11,13-15,23-27H2,1-10H3/b16-12+,20-19+/t28-,29-,30-,32+,33-,36-,37-,39-/m0/s1. The number of rotatable bonds is 5. The third kappa shape index (κ3) is 11.6. The van der Waals surface area contributed by atoms with Gasteiger partial charge in [0.15, 0.2) is 5.78 Å². The van der Waals surface area contributed by atoms with E-state index in [0.717, 1.165) is 17.0 Å². The van der Waals surface area contributed by atoms with Crippen LogP contribution in [0.15, 0.2) is 53.6 Å². The average molecular weight is 793 g/mol. The van der Waals surface area contributed by atoms with Gasteiger partial charge in [0.1, 0.15) is 30.0 Å². The number of allylic oxidation sites excluding steroid dienone is 2. The van der Waals surface area contributed by atoms with E-state index < -0.39 is 35.9 Å². The number of carbonyl (C=O) groups excluding carboxylic acids is 5. The highest BCUT2D eigenvalue weighted by molar-refractivity contribution is 8.14. The van der Waals surface area contributed by atoms with Crippen molar-refractivity contribution < 1.29 is 33.4 Å². The third-order valence-electron chi connectivity index (χ3n) is 11.6. The second kappa shape index (κ2) is 20.0. The Balaban J connectivity index is 1.70. The van der Waals surface area contributed by atoms with Crippen LogP contribution in [0.4, 0.5) is 0 Å². The first-order valence-corrected chi connectivity index (χ1v) is 21.2. The maximum atomic E-state index is 14.5. The molecular weight excluding hydrogens is 729 g/mol. The van der Waals surface area contributed by atoms with Crippen LogP contribution in [0.5, 0.6) is 5.75 Å². The highest BCUT2D eigenvalue weighted by Crippen LogP contribution is 2.32. The lowest BCUT2D eigenvalue weighted by Gasteiger charge is -2.39. The van der Waals surface area contributed by atoms with Gasteiger partial charge in [-0.1, -0.05) is 72.2 Å². The van der Waals surface area contributed by atoms with Gasteiger partial charge in [-0.15, -0.1) is 11.8 Å². The molecule has 0 N–H and O–H groups in total. The number of hydrogen-bond donors (Lipinski definition) is 0. The van der Waals surface area contributed by atoms with Crippen LogP contribution in [-0.2, 0) is 35.1 Å². The summed E-state index contributed by atoms with van der Waals surface area (Å²) in [5, 5.41) is 0.892. The minimum absolute atomic E-state index is 0.0489. The van der Waals surface area contributed by atoms with Gasteiger partial charge in [0.2, 0.25) is 17.7 Å². The van der Waals surface area contributed by atoms with E-state index in [1.807, 2.05) is 44.2 Å². The first kappa shape index (κ1) is 44.8. The highest BCUT2D eigenvalue weighted by Gasteiger charge is 2.44. The molecule has 0 aromatic heterocycles. The van der Waals surface area contributed by atoms with Gasteiger partial charge in [0, 0.05) is 38.7 Å². The molecule has 3 aliphatic heterocycles. The number of nitrogens with zero attached hydrogens (tertiary/aromatic N) is 4.